The zero-order valence-corrected chi connectivity index (χ0v) is 50.4. The molecule has 8 bridgehead atoms. The van der Waals surface area contributed by atoms with E-state index in [2.05, 4.69) is 218 Å². The number of terminal acetylenes is 1. The summed E-state index contributed by atoms with van der Waals surface area (Å²) in [6.07, 6.45) is 6.33. The minimum atomic E-state index is -2.19. The van der Waals surface area contributed by atoms with Crippen LogP contribution in [-0.2, 0) is 25.1 Å². The van der Waals surface area contributed by atoms with Crippen LogP contribution in [0.4, 0.5) is 0 Å². The molecule has 4 aromatic carbocycles. The molecule has 5 heterocycles. The van der Waals surface area contributed by atoms with Crippen molar-refractivity contribution >= 4 is 60.8 Å². The summed E-state index contributed by atoms with van der Waals surface area (Å²) in [5.74, 6) is 12.0. The summed E-state index contributed by atoms with van der Waals surface area (Å²) in [6.45, 7) is 43.0. The Labute approximate surface area is 452 Å². The van der Waals surface area contributed by atoms with Gasteiger partial charge in [-0.2, -0.15) is 0 Å². The van der Waals surface area contributed by atoms with Gasteiger partial charge >= 0.3 is 0 Å². The average Bonchev–Trinajstić information content (AvgIpc) is 4.08. The summed E-state index contributed by atoms with van der Waals surface area (Å²) >= 11 is 0. The molecule has 0 saturated heterocycles. The molecule has 0 spiro atoms. The molecular formula is C64H76N8O2Si2. The molecule has 0 fully saturated rings. The number of benzene rings is 4. The van der Waals surface area contributed by atoms with Gasteiger partial charge in [0.05, 0.1) is 13.2 Å². The lowest BCUT2D eigenvalue weighted by Gasteiger charge is -2.37. The Morgan fingerprint density at radius 1 is 0.447 bits per heavy atom. The third kappa shape index (κ3) is 10.5. The molecular weight excluding hydrogens is 969 g/mol. The van der Waals surface area contributed by atoms with Gasteiger partial charge in [0, 0.05) is 60.5 Å². The molecule has 0 atom stereocenters. The van der Waals surface area contributed by atoms with Gasteiger partial charge in [-0.3, -0.25) is 0 Å². The quantitative estimate of drug-likeness (QED) is 0.125. The first-order valence-corrected chi connectivity index (χ1v) is 32.4. The first-order valence-electron chi connectivity index (χ1n) is 26.6. The van der Waals surface area contributed by atoms with Gasteiger partial charge in [0.1, 0.15) is 22.6 Å². The molecule has 3 aromatic heterocycles. The van der Waals surface area contributed by atoms with Crippen LogP contribution in [-0.4, -0.2) is 69.7 Å². The lowest BCUT2D eigenvalue weighted by molar-refractivity contribution is 0.308. The van der Waals surface area contributed by atoms with Crippen molar-refractivity contribution in [3.63, 3.8) is 0 Å². The minimum absolute atomic E-state index is 0.00656. The smallest absolute Gasteiger partial charge is 0.192 e. The minimum Gasteiger partial charge on any atom is -0.412 e. The van der Waals surface area contributed by atoms with Crippen LogP contribution in [0.2, 0.25) is 36.3 Å². The number of rotatable bonds is 6. The van der Waals surface area contributed by atoms with Crippen LogP contribution in [0.5, 0.6) is 0 Å². The maximum atomic E-state index is 6.82. The van der Waals surface area contributed by atoms with Gasteiger partial charge in [-0.25, -0.2) is 29.9 Å². The molecule has 0 saturated carbocycles. The predicted molar refractivity (Wildman–Crippen MR) is 321 cm³/mol. The average molecular weight is 1050 g/mol. The number of hydrogen-bond donors (Lipinski definition) is 2. The largest absolute Gasteiger partial charge is 0.412 e. The Morgan fingerprint density at radius 3 is 1.29 bits per heavy atom. The van der Waals surface area contributed by atoms with Gasteiger partial charge in [0.25, 0.3) is 0 Å². The molecule has 0 unspecified atom stereocenters. The van der Waals surface area contributed by atoms with Crippen molar-refractivity contribution in [1.29, 1.82) is 0 Å². The fourth-order valence-electron chi connectivity index (χ4n) is 8.77. The zero-order valence-electron chi connectivity index (χ0n) is 48.4. The Hall–Kier alpha value is -6.55. The van der Waals surface area contributed by atoms with Crippen LogP contribution >= 0.6 is 0 Å². The second-order valence-corrected chi connectivity index (χ2v) is 36.5. The highest BCUT2D eigenvalue weighted by atomic mass is 28.4. The van der Waals surface area contributed by atoms with Gasteiger partial charge in [0.15, 0.2) is 39.9 Å². The first kappa shape index (κ1) is 54.3. The Kier molecular flexibility index (Phi) is 13.5. The third-order valence-corrected chi connectivity index (χ3v) is 25.0. The highest BCUT2D eigenvalue weighted by Crippen LogP contribution is 2.42. The fraction of sp³-hybridized carbons (Fsp3) is 0.406. The maximum Gasteiger partial charge on any atom is 0.192 e. The number of nitrogens with one attached hydrogen (secondary N) is 2. The maximum absolute atomic E-state index is 6.82. The van der Waals surface area contributed by atoms with E-state index in [1.807, 2.05) is 12.1 Å². The molecule has 12 heteroatoms. The molecule has 392 valence electrons. The molecule has 76 heavy (non-hydrogen) atoms. The number of H-pyrrole nitrogens is 2. The van der Waals surface area contributed by atoms with Crippen LogP contribution in [0.3, 0.4) is 0 Å². The third-order valence-electron chi connectivity index (χ3n) is 16.1. The summed E-state index contributed by atoms with van der Waals surface area (Å²) in [5.41, 5.74) is 11.4. The number of nitrogens with zero attached hydrogens (tertiary/aromatic N) is 6. The molecule has 0 radical (unpaired) electrons. The van der Waals surface area contributed by atoms with E-state index in [4.69, 9.17) is 45.2 Å². The van der Waals surface area contributed by atoms with Crippen molar-refractivity contribution in [2.75, 3.05) is 13.2 Å². The first-order chi connectivity index (χ1) is 35.2. The van der Waals surface area contributed by atoms with Gasteiger partial charge in [-0.15, -0.1) is 6.42 Å². The van der Waals surface area contributed by atoms with Crippen molar-refractivity contribution < 1.29 is 8.85 Å². The summed E-state index contributed by atoms with van der Waals surface area (Å²) < 4.78 is 13.5. The van der Waals surface area contributed by atoms with Gasteiger partial charge < -0.3 is 18.8 Å². The van der Waals surface area contributed by atoms with Crippen LogP contribution in [0, 0.1) is 24.2 Å². The van der Waals surface area contributed by atoms with Crippen LogP contribution in [0.15, 0.2) is 83.9 Å². The van der Waals surface area contributed by atoms with Crippen molar-refractivity contribution in [2.24, 2.45) is 0 Å². The van der Waals surface area contributed by atoms with E-state index in [0.29, 0.717) is 64.7 Å². The SMILES string of the molecule is C#C/C(CO[Si](C)(C)C(C)(C)C)=C(/C#Cc1ccc2c(c1)-c1nc-2nc2nc(nc3[nH]c(nc4[nH]c(n1)c1cc(C(C)(C)C)ccc41)c1ccc(C(C)(C)C)cc31)-c1ccc(C(C)(C)C)cc1-2)CO[Si](C)(C)C(C)(C)C. The Bertz CT molecular complexity index is 3820. The zero-order chi connectivity index (χ0) is 55.3. The molecule has 10 nitrogen and oxygen atoms in total. The lowest BCUT2D eigenvalue weighted by Crippen LogP contribution is -2.42. The van der Waals surface area contributed by atoms with Crippen molar-refractivity contribution in [1.82, 2.24) is 39.9 Å². The molecule has 0 aliphatic carbocycles. The Balaban J connectivity index is 1.32. The van der Waals surface area contributed by atoms with Gasteiger partial charge in [-0.1, -0.05) is 158 Å². The highest BCUT2D eigenvalue weighted by molar-refractivity contribution is 6.74. The predicted octanol–water partition coefficient (Wildman–Crippen LogP) is 16.1. The van der Waals surface area contributed by atoms with Crippen LogP contribution in [0.1, 0.15) is 126 Å². The molecule has 7 aromatic rings. The fourth-order valence-corrected chi connectivity index (χ4v) is 10.6. The van der Waals surface area contributed by atoms with E-state index in [-0.39, 0.29) is 26.3 Å². The molecule has 2 aliphatic heterocycles. The summed E-state index contributed by atoms with van der Waals surface area (Å²) in [4.78, 5) is 39.4. The Morgan fingerprint density at radius 2 is 0.829 bits per heavy atom. The van der Waals surface area contributed by atoms with Crippen LogP contribution < -0.4 is 0 Å². The topological polar surface area (TPSA) is 127 Å². The monoisotopic (exact) mass is 1040 g/mol. The van der Waals surface area contributed by atoms with Crippen molar-refractivity contribution in [2.45, 2.75) is 156 Å². The highest BCUT2D eigenvalue weighted by Gasteiger charge is 2.39. The summed E-state index contributed by atoms with van der Waals surface area (Å²) in [6, 6.07) is 25.7. The van der Waals surface area contributed by atoms with E-state index >= 15 is 0 Å². The number of fused-ring (bicyclic) bond motifs is 20. The molecule has 2 aliphatic rings. The molecule has 9 rings (SSSR count). The van der Waals surface area contributed by atoms with Crippen molar-refractivity contribution in [3.05, 3.63) is 106 Å². The second kappa shape index (κ2) is 18.9. The van der Waals surface area contributed by atoms with Crippen molar-refractivity contribution in [3.8, 4) is 69.7 Å². The molecule has 2 N–H and O–H groups in total. The normalized spacial score (nSPS) is 13.8. The second-order valence-electron chi connectivity index (χ2n) is 26.9. The summed E-state index contributed by atoms with van der Waals surface area (Å²) in [7, 11) is -4.33. The molecule has 0 amide bonds. The van der Waals surface area contributed by atoms with E-state index in [1.54, 1.807) is 0 Å². The number of hydrogen-bond acceptors (Lipinski definition) is 8. The standard InChI is InChI=1S/C64H76N8O2Si2/c1-21-39(36-73-75(17,18)63(11,12)13)40(37-74-76(19,20)64(14,15)16)24-22-38-23-28-44-48(32-38)56-66-52(44)67-57-50-34-42(61(5,6)7)27-31-47(50)55(70-57)71-58-49-33-41(60(2,3)4)25-29-45(49)53(68-58)65-54-46-30-26-43(62(8,9)10)35-51(46)59(69-54)72-56/h1,23,25-35H,36-37H2,2-20H3,(H2,65,66,67,68,69,70,71,72)/b40-39+. The number of aromatic amines is 2. The van der Waals surface area contributed by atoms with E-state index in [1.165, 1.54) is 11.1 Å². The van der Waals surface area contributed by atoms with E-state index in [0.717, 1.165) is 60.5 Å². The van der Waals surface area contributed by atoms with Gasteiger partial charge in [0.2, 0.25) is 0 Å². The van der Waals surface area contributed by atoms with Gasteiger partial charge in [-0.05, 0) is 106 Å². The number of aromatic nitrogens is 8. The van der Waals surface area contributed by atoms with E-state index in [9.17, 15) is 0 Å². The van der Waals surface area contributed by atoms with Crippen LogP contribution in [0.25, 0.3) is 89.7 Å². The summed E-state index contributed by atoms with van der Waals surface area (Å²) in [5, 5.41) is 3.77. The lowest BCUT2D eigenvalue weighted by atomic mass is 9.85. The van der Waals surface area contributed by atoms with E-state index < -0.39 is 16.6 Å².